The molecule has 0 aromatic carbocycles. The molecule has 0 bridgehead atoms. The number of amides is 1. The van der Waals surface area contributed by atoms with E-state index in [4.69, 9.17) is 0 Å². The minimum atomic E-state index is -0.392. The zero-order valence-corrected chi connectivity index (χ0v) is 14.4. The molecule has 1 amide bonds. The van der Waals surface area contributed by atoms with E-state index < -0.39 is 5.97 Å². The molecule has 6 heteroatoms. The van der Waals surface area contributed by atoms with Crippen LogP contribution in [-0.2, 0) is 9.53 Å². The summed E-state index contributed by atoms with van der Waals surface area (Å²) in [5, 5.41) is 1.85. The summed E-state index contributed by atoms with van der Waals surface area (Å²) in [6, 6.07) is 1.84. The van der Waals surface area contributed by atoms with Crippen LogP contribution in [0.5, 0.6) is 0 Å². The zero-order valence-electron chi connectivity index (χ0n) is 12.0. The Morgan fingerprint density at radius 3 is 2.50 bits per heavy atom. The van der Waals surface area contributed by atoms with Crippen LogP contribution in [-0.4, -0.2) is 37.0 Å². The van der Waals surface area contributed by atoms with E-state index in [1.54, 1.807) is 4.90 Å². The van der Waals surface area contributed by atoms with Gasteiger partial charge in [0.15, 0.2) is 0 Å². The zero-order chi connectivity index (χ0) is 15.1. The third-order valence-corrected chi connectivity index (χ3v) is 5.11. The standard InChI is InChI=1S/C14H20BrNO3S/c1-4-10(5-2)8-16(9-12(17)19-3)14(18)13-11(15)6-7-20-13/h6-7,10H,4-5,8-9H2,1-3H3. The maximum atomic E-state index is 12.5. The number of hydrogen-bond donors (Lipinski definition) is 0. The molecule has 0 aliphatic carbocycles. The Labute approximate surface area is 132 Å². The first kappa shape index (κ1) is 17.2. The number of esters is 1. The molecule has 0 radical (unpaired) electrons. The quantitative estimate of drug-likeness (QED) is 0.697. The van der Waals surface area contributed by atoms with Crippen molar-refractivity contribution in [1.82, 2.24) is 4.90 Å². The SMILES string of the molecule is CCC(CC)CN(CC(=O)OC)C(=O)c1sccc1Br. The van der Waals surface area contributed by atoms with Gasteiger partial charge in [0.05, 0.1) is 7.11 Å². The van der Waals surface area contributed by atoms with Crippen LogP contribution in [0.2, 0.25) is 0 Å². The summed E-state index contributed by atoms with van der Waals surface area (Å²) in [4.78, 5) is 26.3. The van der Waals surface area contributed by atoms with Crippen LogP contribution in [0.15, 0.2) is 15.9 Å². The second-order valence-electron chi connectivity index (χ2n) is 4.54. The fourth-order valence-electron chi connectivity index (χ4n) is 1.89. The number of nitrogens with zero attached hydrogens (tertiary/aromatic N) is 1. The molecule has 1 heterocycles. The van der Waals surface area contributed by atoms with E-state index in [2.05, 4.69) is 34.5 Å². The summed E-state index contributed by atoms with van der Waals surface area (Å²) in [6.45, 7) is 4.76. The van der Waals surface area contributed by atoms with Crippen LogP contribution < -0.4 is 0 Å². The van der Waals surface area contributed by atoms with E-state index in [9.17, 15) is 9.59 Å². The minimum absolute atomic E-state index is 0.00380. The highest BCUT2D eigenvalue weighted by molar-refractivity contribution is 9.10. The molecule has 0 N–H and O–H groups in total. The van der Waals surface area contributed by atoms with Crippen molar-refractivity contribution in [3.05, 3.63) is 20.8 Å². The lowest BCUT2D eigenvalue weighted by molar-refractivity contribution is -0.141. The van der Waals surface area contributed by atoms with E-state index >= 15 is 0 Å². The number of carbonyl (C=O) groups is 2. The fraction of sp³-hybridized carbons (Fsp3) is 0.571. The molecular weight excluding hydrogens is 342 g/mol. The number of thiophene rings is 1. The number of hydrogen-bond acceptors (Lipinski definition) is 4. The van der Waals surface area contributed by atoms with Crippen molar-refractivity contribution in [3.8, 4) is 0 Å². The Morgan fingerprint density at radius 1 is 1.40 bits per heavy atom. The predicted octanol–water partition coefficient (Wildman–Crippen LogP) is 3.56. The highest BCUT2D eigenvalue weighted by atomic mass is 79.9. The van der Waals surface area contributed by atoms with Crippen LogP contribution in [0.25, 0.3) is 0 Å². The van der Waals surface area contributed by atoms with Gasteiger partial charge in [0, 0.05) is 11.0 Å². The normalized spacial score (nSPS) is 10.7. The van der Waals surface area contributed by atoms with E-state index in [1.807, 2.05) is 11.4 Å². The molecule has 0 fully saturated rings. The Balaban J connectivity index is 2.89. The molecule has 0 aliphatic rings. The molecule has 0 saturated carbocycles. The summed E-state index contributed by atoms with van der Waals surface area (Å²) in [7, 11) is 1.34. The lowest BCUT2D eigenvalue weighted by atomic mass is 10.0. The van der Waals surface area contributed by atoms with Gasteiger partial charge in [0.2, 0.25) is 0 Å². The second-order valence-corrected chi connectivity index (χ2v) is 6.31. The molecule has 20 heavy (non-hydrogen) atoms. The maximum absolute atomic E-state index is 12.5. The topological polar surface area (TPSA) is 46.6 Å². The Bertz CT molecular complexity index is 457. The van der Waals surface area contributed by atoms with Gasteiger partial charge >= 0.3 is 5.97 Å². The lowest BCUT2D eigenvalue weighted by Crippen LogP contribution is -2.39. The largest absolute Gasteiger partial charge is 0.468 e. The molecule has 112 valence electrons. The van der Waals surface area contributed by atoms with Crippen molar-refractivity contribution < 1.29 is 14.3 Å². The highest BCUT2D eigenvalue weighted by Gasteiger charge is 2.24. The summed E-state index contributed by atoms with van der Waals surface area (Å²) in [5.41, 5.74) is 0. The van der Waals surface area contributed by atoms with Crippen LogP contribution in [0.3, 0.4) is 0 Å². The molecule has 1 aromatic rings. The van der Waals surface area contributed by atoms with Gasteiger partial charge in [-0.3, -0.25) is 9.59 Å². The van der Waals surface area contributed by atoms with Gasteiger partial charge in [-0.2, -0.15) is 0 Å². The molecule has 0 atom stereocenters. The maximum Gasteiger partial charge on any atom is 0.325 e. The molecule has 1 aromatic heterocycles. The average molecular weight is 362 g/mol. The molecular formula is C14H20BrNO3S. The van der Waals surface area contributed by atoms with Crippen molar-refractivity contribution in [2.45, 2.75) is 26.7 Å². The van der Waals surface area contributed by atoms with Crippen molar-refractivity contribution >= 4 is 39.1 Å². The van der Waals surface area contributed by atoms with Crippen LogP contribution in [0.1, 0.15) is 36.4 Å². The molecule has 4 nitrogen and oxygen atoms in total. The highest BCUT2D eigenvalue weighted by Crippen LogP contribution is 2.25. The number of carbonyl (C=O) groups excluding carboxylic acids is 2. The first-order chi connectivity index (χ1) is 9.53. The minimum Gasteiger partial charge on any atom is -0.468 e. The summed E-state index contributed by atoms with van der Waals surface area (Å²) in [6.07, 6.45) is 1.96. The van der Waals surface area contributed by atoms with E-state index in [-0.39, 0.29) is 12.5 Å². The number of rotatable bonds is 7. The third-order valence-electron chi connectivity index (χ3n) is 3.28. The fourth-order valence-corrected chi connectivity index (χ4v) is 3.40. The Morgan fingerprint density at radius 2 is 2.05 bits per heavy atom. The van der Waals surface area contributed by atoms with Gasteiger partial charge in [0.1, 0.15) is 11.4 Å². The van der Waals surface area contributed by atoms with Gasteiger partial charge in [-0.25, -0.2) is 0 Å². The number of ether oxygens (including phenoxy) is 1. The van der Waals surface area contributed by atoms with Crippen molar-refractivity contribution in [1.29, 1.82) is 0 Å². The van der Waals surface area contributed by atoms with E-state index in [0.717, 1.165) is 17.3 Å². The van der Waals surface area contributed by atoms with Gasteiger partial charge in [-0.1, -0.05) is 26.7 Å². The summed E-state index contributed by atoms with van der Waals surface area (Å²) in [5.74, 6) is -0.122. The smallest absolute Gasteiger partial charge is 0.325 e. The monoisotopic (exact) mass is 361 g/mol. The van der Waals surface area contributed by atoms with Crippen molar-refractivity contribution in [3.63, 3.8) is 0 Å². The molecule has 1 rings (SSSR count). The van der Waals surface area contributed by atoms with Gasteiger partial charge in [-0.15, -0.1) is 11.3 Å². The number of halogens is 1. The molecule has 0 unspecified atom stereocenters. The summed E-state index contributed by atoms with van der Waals surface area (Å²) < 4.78 is 5.46. The third kappa shape index (κ3) is 4.59. The predicted molar refractivity (Wildman–Crippen MR) is 84.0 cm³/mol. The molecule has 0 aliphatic heterocycles. The first-order valence-electron chi connectivity index (χ1n) is 6.62. The van der Waals surface area contributed by atoms with E-state index in [1.165, 1.54) is 18.4 Å². The van der Waals surface area contributed by atoms with Gasteiger partial charge < -0.3 is 9.64 Å². The average Bonchev–Trinajstić information content (AvgIpc) is 2.88. The van der Waals surface area contributed by atoms with Crippen molar-refractivity contribution in [2.75, 3.05) is 20.2 Å². The van der Waals surface area contributed by atoms with Gasteiger partial charge in [0.25, 0.3) is 5.91 Å². The van der Waals surface area contributed by atoms with Crippen molar-refractivity contribution in [2.24, 2.45) is 5.92 Å². The lowest BCUT2D eigenvalue weighted by Gasteiger charge is -2.25. The van der Waals surface area contributed by atoms with Crippen LogP contribution in [0, 0.1) is 5.92 Å². The number of methoxy groups -OCH3 is 1. The molecule has 0 saturated heterocycles. The van der Waals surface area contributed by atoms with Crippen LogP contribution in [0.4, 0.5) is 0 Å². The van der Waals surface area contributed by atoms with Gasteiger partial charge in [-0.05, 0) is 33.3 Å². The Hall–Kier alpha value is -0.880. The first-order valence-corrected chi connectivity index (χ1v) is 8.29. The summed E-state index contributed by atoms with van der Waals surface area (Å²) >= 11 is 4.74. The van der Waals surface area contributed by atoms with E-state index in [0.29, 0.717) is 17.3 Å². The van der Waals surface area contributed by atoms with Crippen LogP contribution >= 0.6 is 27.3 Å². The molecule has 0 spiro atoms. The Kier molecular flexibility index (Phi) is 7.23. The second kappa shape index (κ2) is 8.42.